The van der Waals surface area contributed by atoms with Crippen LogP contribution < -0.4 is 11.5 Å². The minimum atomic E-state index is -3.30. The average molecular weight is 448 g/mol. The van der Waals surface area contributed by atoms with Crippen molar-refractivity contribution in [2.45, 2.75) is 57.5 Å². The molecule has 0 fully saturated rings. The zero-order chi connectivity index (χ0) is 22.0. The Morgan fingerprint density at radius 2 is 1.83 bits per heavy atom. The molecule has 10 heteroatoms. The van der Waals surface area contributed by atoms with Crippen molar-refractivity contribution in [3.63, 3.8) is 0 Å². The number of benzene rings is 1. The van der Waals surface area contributed by atoms with Crippen LogP contribution in [0.3, 0.4) is 0 Å². The maximum absolute atomic E-state index is 13.9. The number of nitrogens with two attached hydrogens (primary N) is 2. The van der Waals surface area contributed by atoms with E-state index in [-0.39, 0.29) is 11.9 Å². The molecule has 29 heavy (non-hydrogen) atoms. The molecule has 0 saturated carbocycles. The van der Waals surface area contributed by atoms with Crippen molar-refractivity contribution in [3.8, 4) is 0 Å². The number of aromatic nitrogens is 1. The van der Waals surface area contributed by atoms with Crippen LogP contribution in [-0.2, 0) is 24.4 Å². The highest BCUT2D eigenvalue weighted by molar-refractivity contribution is 7.17. The van der Waals surface area contributed by atoms with E-state index in [1.807, 2.05) is 13.8 Å². The zero-order valence-electron chi connectivity index (χ0n) is 16.5. The molecular weight excluding hydrogens is 423 g/mol. The smallest absolute Gasteiger partial charge is 0.283 e. The molecule has 0 aliphatic heterocycles. The molecule has 0 radical (unpaired) electrons. The monoisotopic (exact) mass is 448 g/mol. The third-order valence-corrected chi connectivity index (χ3v) is 5.73. The van der Waals surface area contributed by atoms with Crippen LogP contribution in [0.4, 0.5) is 22.7 Å². The molecule has 0 spiro atoms. The van der Waals surface area contributed by atoms with Gasteiger partial charge >= 0.3 is 0 Å². The maximum atomic E-state index is 13.9. The lowest BCUT2D eigenvalue weighted by atomic mass is 9.91. The summed E-state index contributed by atoms with van der Waals surface area (Å²) in [4.78, 5) is 9.31. The van der Waals surface area contributed by atoms with Crippen molar-refractivity contribution < 1.29 is 17.6 Å². The number of guanidine groups is 1. The predicted molar refractivity (Wildman–Crippen MR) is 113 cm³/mol. The summed E-state index contributed by atoms with van der Waals surface area (Å²) in [6.45, 7) is 4.52. The Labute approximate surface area is 174 Å². The minimum Gasteiger partial charge on any atom is -0.370 e. The zero-order valence-corrected chi connectivity index (χ0v) is 18.4. The summed E-state index contributed by atoms with van der Waals surface area (Å²) in [5, 5.41) is 0.418. The van der Waals surface area contributed by atoms with Gasteiger partial charge in [-0.15, -0.1) is 0 Å². The van der Waals surface area contributed by atoms with E-state index < -0.39 is 22.7 Å². The van der Waals surface area contributed by atoms with Gasteiger partial charge in [0, 0.05) is 22.9 Å². The van der Waals surface area contributed by atoms with Gasteiger partial charge in [-0.3, -0.25) is 0 Å². The van der Waals surface area contributed by atoms with Crippen molar-refractivity contribution in [2.24, 2.45) is 16.5 Å². The van der Waals surface area contributed by atoms with Crippen molar-refractivity contribution in [1.82, 2.24) is 4.98 Å². The molecule has 0 bridgehead atoms. The average Bonchev–Trinajstić information content (AvgIpc) is 2.93. The number of hydrogen-bond donors (Lipinski definition) is 2. The molecule has 4 nitrogen and oxygen atoms in total. The van der Waals surface area contributed by atoms with Gasteiger partial charge in [-0.1, -0.05) is 40.8 Å². The predicted octanol–water partition coefficient (Wildman–Crippen LogP) is 5.38. The standard InChI is InChI=1S/C19H25F4N4PS/c1-4-5-14-15(29-17(26-14)27-16(24)25)6-10(2)11-7-12(18(3,20)21)9-13(8-11)19(22,23)28/h7-10H,4-6,28H2,1-3H3,(H4,24,25,26,27). The Kier molecular flexibility index (Phi) is 7.28. The first-order chi connectivity index (χ1) is 13.3. The van der Waals surface area contributed by atoms with Gasteiger partial charge in [0.15, 0.2) is 5.96 Å². The fraction of sp³-hybridized carbons (Fsp3) is 0.474. The molecule has 0 saturated heterocycles. The van der Waals surface area contributed by atoms with Crippen LogP contribution >= 0.6 is 20.6 Å². The number of nitrogens with zero attached hydrogens (tertiary/aromatic N) is 2. The summed E-state index contributed by atoms with van der Waals surface area (Å²) in [5.41, 5.74) is 7.89. The summed E-state index contributed by atoms with van der Waals surface area (Å²) in [6, 6.07) is 3.43. The number of rotatable bonds is 8. The quantitative estimate of drug-likeness (QED) is 0.246. The number of aliphatic imine (C=N–C) groups is 1. The Bertz CT molecular complexity index is 851. The summed E-state index contributed by atoms with van der Waals surface area (Å²) in [7, 11) is 1.40. The maximum Gasteiger partial charge on any atom is 0.283 e. The molecule has 0 aliphatic rings. The fourth-order valence-corrected chi connectivity index (χ4v) is 4.19. The number of halogens is 4. The lowest BCUT2D eigenvalue weighted by Gasteiger charge is -2.20. The summed E-state index contributed by atoms with van der Waals surface area (Å²) in [5.74, 6) is -3.61. The molecule has 1 heterocycles. The molecule has 0 amide bonds. The highest BCUT2D eigenvalue weighted by atomic mass is 32.1. The summed E-state index contributed by atoms with van der Waals surface area (Å²) < 4.78 is 55.5. The fourth-order valence-electron chi connectivity index (χ4n) is 2.90. The highest BCUT2D eigenvalue weighted by Gasteiger charge is 2.31. The van der Waals surface area contributed by atoms with Crippen molar-refractivity contribution >= 4 is 31.7 Å². The molecule has 2 aromatic rings. The van der Waals surface area contributed by atoms with E-state index in [1.165, 1.54) is 32.7 Å². The molecule has 0 aliphatic carbocycles. The largest absolute Gasteiger partial charge is 0.370 e. The molecule has 2 rings (SSSR count). The second-order valence-electron chi connectivity index (χ2n) is 7.11. The first-order valence-corrected chi connectivity index (χ1v) is 10.5. The normalized spacial score (nSPS) is 13.4. The lowest BCUT2D eigenvalue weighted by molar-refractivity contribution is 0.0168. The molecule has 2 unspecified atom stereocenters. The third-order valence-electron chi connectivity index (χ3n) is 4.39. The number of hydrogen-bond acceptors (Lipinski definition) is 3. The van der Waals surface area contributed by atoms with Crippen molar-refractivity contribution in [2.75, 3.05) is 0 Å². The first-order valence-electron chi connectivity index (χ1n) is 9.10. The SMILES string of the molecule is CCCc1nc(N=C(N)N)sc1CC(C)c1cc(C(C)(F)F)cc(C(F)(F)P)c1. The van der Waals surface area contributed by atoms with E-state index in [0.29, 0.717) is 30.5 Å². The molecule has 160 valence electrons. The van der Waals surface area contributed by atoms with E-state index in [9.17, 15) is 17.6 Å². The molecule has 1 aromatic carbocycles. The molecule has 2 atom stereocenters. The third kappa shape index (κ3) is 6.37. The van der Waals surface area contributed by atoms with E-state index in [0.717, 1.165) is 23.1 Å². The van der Waals surface area contributed by atoms with Crippen LogP contribution in [0, 0.1) is 0 Å². The Morgan fingerprint density at radius 1 is 1.21 bits per heavy atom. The first kappa shape index (κ1) is 23.5. The van der Waals surface area contributed by atoms with Crippen LogP contribution in [0.1, 0.15) is 60.4 Å². The van der Waals surface area contributed by atoms with Gasteiger partial charge < -0.3 is 11.5 Å². The van der Waals surface area contributed by atoms with Crippen LogP contribution in [0.15, 0.2) is 23.2 Å². The van der Waals surface area contributed by atoms with Gasteiger partial charge in [-0.05, 0) is 42.5 Å². The Balaban J connectivity index is 2.43. The lowest BCUT2D eigenvalue weighted by Crippen LogP contribution is -2.21. The van der Waals surface area contributed by atoms with E-state index in [4.69, 9.17) is 11.5 Å². The Hall–Kier alpha value is -1.73. The second-order valence-corrected chi connectivity index (χ2v) is 8.90. The molecular formula is C19H25F4N4PS. The van der Waals surface area contributed by atoms with E-state index >= 15 is 0 Å². The van der Waals surface area contributed by atoms with Gasteiger partial charge in [0.25, 0.3) is 11.6 Å². The second kappa shape index (κ2) is 8.96. The highest BCUT2D eigenvalue weighted by Crippen LogP contribution is 2.40. The Morgan fingerprint density at radius 3 is 2.34 bits per heavy atom. The number of alkyl halides is 4. The summed E-state index contributed by atoms with van der Waals surface area (Å²) >= 11 is 1.31. The van der Waals surface area contributed by atoms with E-state index in [2.05, 4.69) is 9.98 Å². The number of aryl methyl sites for hydroxylation is 1. The molecule has 1 aromatic heterocycles. The molecule has 4 N–H and O–H groups in total. The number of thiazole rings is 1. The van der Waals surface area contributed by atoms with Crippen molar-refractivity contribution in [1.29, 1.82) is 0 Å². The summed E-state index contributed by atoms with van der Waals surface area (Å²) in [6.07, 6.45) is 2.02. The van der Waals surface area contributed by atoms with Crippen molar-refractivity contribution in [3.05, 3.63) is 45.5 Å². The van der Waals surface area contributed by atoms with E-state index in [1.54, 1.807) is 0 Å². The minimum absolute atomic E-state index is 0.105. The van der Waals surface area contributed by atoms with Gasteiger partial charge in [-0.25, -0.2) is 13.8 Å². The van der Waals surface area contributed by atoms with Crippen LogP contribution in [0.2, 0.25) is 0 Å². The van der Waals surface area contributed by atoms with Crippen LogP contribution in [0.25, 0.3) is 0 Å². The van der Waals surface area contributed by atoms with Gasteiger partial charge in [0.2, 0.25) is 5.13 Å². The van der Waals surface area contributed by atoms with Gasteiger partial charge in [0.05, 0.1) is 5.69 Å². The van der Waals surface area contributed by atoms with Crippen LogP contribution in [0.5, 0.6) is 0 Å². The van der Waals surface area contributed by atoms with Gasteiger partial charge in [-0.2, -0.15) is 13.8 Å². The topological polar surface area (TPSA) is 77.3 Å². The van der Waals surface area contributed by atoms with Gasteiger partial charge in [0.1, 0.15) is 0 Å². The van der Waals surface area contributed by atoms with Crippen LogP contribution in [-0.4, -0.2) is 10.9 Å².